The number of allylic oxidation sites excluding steroid dienone is 1. The lowest BCUT2D eigenvalue weighted by Gasteiger charge is -2.32. The van der Waals surface area contributed by atoms with Crippen molar-refractivity contribution in [3.8, 4) is 0 Å². The van der Waals surface area contributed by atoms with Crippen molar-refractivity contribution in [3.05, 3.63) is 94.2 Å². The Hall–Kier alpha value is -4.52. The van der Waals surface area contributed by atoms with Crippen molar-refractivity contribution in [1.82, 2.24) is 4.98 Å². The number of benzene rings is 3. The van der Waals surface area contributed by atoms with Crippen molar-refractivity contribution in [3.63, 3.8) is 0 Å². The van der Waals surface area contributed by atoms with Crippen LogP contribution in [0.15, 0.2) is 77.1 Å². The molecular weight excluding hydrogens is 502 g/mol. The number of aryl methyl sites for hydroxylation is 3. The standard InChI is InChI=1S/C33H33N3O4/c1-6-25(35-36-32-23-13-8-7-11-21(23)22-12-9-10-14-26(22)34-32)30-27(37)17-24(29(31(30)38)33(39)40-5)28-19(3)15-18(2)16-20(28)4/h7-16,24,29,38H,6,17H2,1-5H3,(H,34,36)/t24-,29-/m0/s1. The molecule has 7 nitrogen and oxygen atoms in total. The van der Waals surface area contributed by atoms with Crippen LogP contribution in [0.3, 0.4) is 0 Å². The quantitative estimate of drug-likeness (QED) is 0.121. The first-order valence-corrected chi connectivity index (χ1v) is 13.5. The third-order valence-corrected chi connectivity index (χ3v) is 7.73. The number of nitrogens with one attached hydrogen (secondary N) is 1. The van der Waals surface area contributed by atoms with Gasteiger partial charge in [0.2, 0.25) is 0 Å². The molecule has 0 saturated heterocycles. The number of rotatable bonds is 6. The van der Waals surface area contributed by atoms with Gasteiger partial charge >= 0.3 is 5.97 Å². The number of aliphatic hydroxyl groups excluding tert-OH is 1. The second-order valence-electron chi connectivity index (χ2n) is 10.4. The summed E-state index contributed by atoms with van der Waals surface area (Å²) < 4.78 is 5.12. The van der Waals surface area contributed by atoms with Crippen LogP contribution in [0.1, 0.15) is 47.9 Å². The van der Waals surface area contributed by atoms with Crippen molar-refractivity contribution in [2.45, 2.75) is 46.5 Å². The number of hydrogen-bond acceptors (Lipinski definition) is 7. The first-order chi connectivity index (χ1) is 19.2. The molecule has 7 heteroatoms. The summed E-state index contributed by atoms with van der Waals surface area (Å²) in [4.78, 5) is 31.5. The van der Waals surface area contributed by atoms with E-state index in [4.69, 9.17) is 9.72 Å². The first kappa shape index (κ1) is 27.1. The first-order valence-electron chi connectivity index (χ1n) is 13.5. The number of ether oxygens (including phenoxy) is 1. The summed E-state index contributed by atoms with van der Waals surface area (Å²) in [5.74, 6) is -2.17. The number of methoxy groups -OCH3 is 1. The van der Waals surface area contributed by atoms with Crippen molar-refractivity contribution in [2.75, 3.05) is 12.5 Å². The predicted octanol–water partition coefficient (Wildman–Crippen LogP) is 6.85. The molecule has 1 heterocycles. The van der Waals surface area contributed by atoms with Gasteiger partial charge in [0.05, 0.1) is 23.9 Å². The smallest absolute Gasteiger partial charge is 0.317 e. The molecule has 0 spiro atoms. The van der Waals surface area contributed by atoms with Gasteiger partial charge in [0.25, 0.3) is 0 Å². The van der Waals surface area contributed by atoms with Gasteiger partial charge in [-0.25, -0.2) is 4.98 Å². The molecule has 0 aliphatic heterocycles. The van der Waals surface area contributed by atoms with Gasteiger partial charge in [-0.05, 0) is 55.3 Å². The van der Waals surface area contributed by atoms with E-state index in [0.29, 0.717) is 18.0 Å². The van der Waals surface area contributed by atoms with Crippen LogP contribution < -0.4 is 5.43 Å². The van der Waals surface area contributed by atoms with Crippen LogP contribution in [-0.2, 0) is 14.3 Å². The number of fused-ring (bicyclic) bond motifs is 3. The number of carbonyl (C=O) groups is 2. The maximum atomic E-state index is 13.6. The van der Waals surface area contributed by atoms with Crippen LogP contribution in [0.5, 0.6) is 0 Å². The second-order valence-corrected chi connectivity index (χ2v) is 10.4. The highest BCUT2D eigenvalue weighted by molar-refractivity contribution is 6.24. The molecule has 5 rings (SSSR count). The van der Waals surface area contributed by atoms with Crippen molar-refractivity contribution < 1.29 is 19.4 Å². The van der Waals surface area contributed by atoms with Crippen LogP contribution in [-0.4, -0.2) is 34.7 Å². The molecule has 0 radical (unpaired) electrons. The van der Waals surface area contributed by atoms with Gasteiger partial charge in [0.1, 0.15) is 11.7 Å². The highest BCUT2D eigenvalue weighted by atomic mass is 16.5. The zero-order valence-corrected chi connectivity index (χ0v) is 23.4. The normalized spacial score (nSPS) is 17.9. The van der Waals surface area contributed by atoms with Gasteiger partial charge in [-0.1, -0.05) is 67.1 Å². The fourth-order valence-electron chi connectivity index (χ4n) is 6.09. The van der Waals surface area contributed by atoms with Crippen LogP contribution in [0, 0.1) is 26.7 Å². The molecule has 1 aliphatic carbocycles. The van der Waals surface area contributed by atoms with E-state index in [0.717, 1.165) is 43.9 Å². The second kappa shape index (κ2) is 10.9. The Kier molecular flexibility index (Phi) is 7.39. The molecule has 4 aromatic rings. The Morgan fingerprint density at radius 1 is 1.02 bits per heavy atom. The third kappa shape index (κ3) is 4.72. The van der Waals surface area contributed by atoms with Crippen LogP contribution >= 0.6 is 0 Å². The average Bonchev–Trinajstić information content (AvgIpc) is 2.93. The van der Waals surface area contributed by atoms with E-state index in [-0.39, 0.29) is 23.5 Å². The van der Waals surface area contributed by atoms with Crippen molar-refractivity contribution in [1.29, 1.82) is 0 Å². The van der Waals surface area contributed by atoms with Crippen molar-refractivity contribution in [2.24, 2.45) is 11.0 Å². The maximum absolute atomic E-state index is 13.6. The predicted molar refractivity (Wildman–Crippen MR) is 159 cm³/mol. The van der Waals surface area contributed by atoms with Gasteiger partial charge in [0, 0.05) is 23.1 Å². The number of carbonyl (C=O) groups excluding carboxylic acids is 2. The molecule has 0 unspecified atom stereocenters. The number of Topliss-reactive ketones (excluding diaryl/α,β-unsaturated/α-hetero) is 1. The molecular formula is C33H33N3O4. The third-order valence-electron chi connectivity index (χ3n) is 7.73. The summed E-state index contributed by atoms with van der Waals surface area (Å²) in [5.41, 5.74) is 8.21. The summed E-state index contributed by atoms with van der Waals surface area (Å²) in [5, 5.41) is 19.0. The van der Waals surface area contributed by atoms with E-state index in [1.165, 1.54) is 7.11 Å². The van der Waals surface area contributed by atoms with Crippen molar-refractivity contribution >= 4 is 45.0 Å². The average molecular weight is 536 g/mol. The van der Waals surface area contributed by atoms with Crippen LogP contribution in [0.2, 0.25) is 0 Å². The molecule has 0 saturated carbocycles. The number of pyridine rings is 1. The number of para-hydroxylation sites is 1. The summed E-state index contributed by atoms with van der Waals surface area (Å²) in [6, 6.07) is 19.8. The van der Waals surface area contributed by atoms with Gasteiger partial charge in [-0.15, -0.1) is 0 Å². The molecule has 1 aromatic heterocycles. The monoisotopic (exact) mass is 535 g/mol. The topological polar surface area (TPSA) is 101 Å². The number of ketones is 1. The lowest BCUT2D eigenvalue weighted by atomic mass is 9.71. The zero-order chi connectivity index (χ0) is 28.6. The maximum Gasteiger partial charge on any atom is 0.317 e. The minimum Gasteiger partial charge on any atom is -0.511 e. The number of aliphatic hydroxyl groups is 1. The molecule has 2 N–H and O–H groups in total. The van der Waals surface area contributed by atoms with E-state index < -0.39 is 17.8 Å². The molecule has 204 valence electrons. The van der Waals surface area contributed by atoms with Gasteiger partial charge < -0.3 is 9.84 Å². The Bertz CT molecular complexity index is 1700. The number of aromatic nitrogens is 1. The number of hydrogen-bond donors (Lipinski definition) is 2. The summed E-state index contributed by atoms with van der Waals surface area (Å²) in [6.07, 6.45) is 0.408. The minimum absolute atomic E-state index is 0.0556. The number of anilines is 1. The lowest BCUT2D eigenvalue weighted by Crippen LogP contribution is -2.36. The Morgan fingerprint density at radius 3 is 2.30 bits per heavy atom. The lowest BCUT2D eigenvalue weighted by molar-refractivity contribution is -0.146. The molecule has 3 aromatic carbocycles. The van der Waals surface area contributed by atoms with E-state index in [1.807, 2.05) is 88.4 Å². The Labute approximate surface area is 233 Å². The van der Waals surface area contributed by atoms with E-state index >= 15 is 0 Å². The highest BCUT2D eigenvalue weighted by Crippen LogP contribution is 2.43. The molecule has 2 atom stereocenters. The Morgan fingerprint density at radius 2 is 1.65 bits per heavy atom. The minimum atomic E-state index is -1.02. The molecule has 0 bridgehead atoms. The number of hydrazone groups is 1. The van der Waals surface area contributed by atoms with E-state index in [1.54, 1.807) is 0 Å². The summed E-state index contributed by atoms with van der Waals surface area (Å²) in [7, 11) is 1.30. The van der Waals surface area contributed by atoms with E-state index in [9.17, 15) is 14.7 Å². The summed E-state index contributed by atoms with van der Waals surface area (Å²) >= 11 is 0. The van der Waals surface area contributed by atoms with E-state index in [2.05, 4.69) is 10.5 Å². The fraction of sp³-hybridized carbons (Fsp3) is 0.273. The number of esters is 1. The van der Waals surface area contributed by atoms with Gasteiger partial charge in [0.15, 0.2) is 11.6 Å². The fourth-order valence-corrected chi connectivity index (χ4v) is 6.09. The largest absolute Gasteiger partial charge is 0.511 e. The SMILES string of the molecule is CCC(=NNc1nc2ccccc2c2ccccc12)C1=C(O)[C@@H](C(=O)OC)[C@H](c2c(C)cc(C)cc2C)CC1=O. The summed E-state index contributed by atoms with van der Waals surface area (Å²) in [6.45, 7) is 7.80. The molecule has 40 heavy (non-hydrogen) atoms. The van der Waals surface area contributed by atoms with Gasteiger partial charge in [-0.2, -0.15) is 5.10 Å². The molecule has 0 amide bonds. The Balaban J connectivity index is 1.60. The van der Waals surface area contributed by atoms with Crippen LogP contribution in [0.25, 0.3) is 21.7 Å². The highest BCUT2D eigenvalue weighted by Gasteiger charge is 2.44. The zero-order valence-electron chi connectivity index (χ0n) is 23.4. The number of nitrogens with zero attached hydrogens (tertiary/aromatic N) is 2. The molecule has 1 aliphatic rings. The van der Waals surface area contributed by atoms with Crippen LogP contribution in [0.4, 0.5) is 5.82 Å². The van der Waals surface area contributed by atoms with Gasteiger partial charge in [-0.3, -0.25) is 15.0 Å². The molecule has 0 fully saturated rings.